The van der Waals surface area contributed by atoms with Crippen molar-refractivity contribution in [3.63, 3.8) is 0 Å². The first-order valence-corrected chi connectivity index (χ1v) is 10.2. The molecule has 0 aliphatic carbocycles. The number of aromatic amines is 1. The number of amides is 1. The van der Waals surface area contributed by atoms with Crippen molar-refractivity contribution in [1.82, 2.24) is 14.6 Å². The molecule has 1 aromatic heterocycles. The Kier molecular flexibility index (Phi) is 6.72. The molecule has 9 nitrogen and oxygen atoms in total. The van der Waals surface area contributed by atoms with Crippen molar-refractivity contribution >= 4 is 24.5 Å². The standard InChI is InChI=1S/C20H23F2N3O6S/c1-20(2,3)30-19(28)31-24(18(26)27)5-4-13-9-23-17(32)25(13)14-7-11-6-12(21)8-15(22)16(11)29-10-14/h6,8-9,14H,4-5,7,10H2,1-3H3,(H,23,32)(H,26,27). The second kappa shape index (κ2) is 9.15. The van der Waals surface area contributed by atoms with Gasteiger partial charge < -0.3 is 29.0 Å². The molecule has 1 aliphatic rings. The summed E-state index contributed by atoms with van der Waals surface area (Å²) in [4.78, 5) is 31.0. The molecular weight excluding hydrogens is 448 g/mol. The molecule has 0 fully saturated rings. The molecule has 1 atom stereocenters. The van der Waals surface area contributed by atoms with E-state index in [-0.39, 0.29) is 37.8 Å². The first-order chi connectivity index (χ1) is 14.9. The second-order valence-electron chi connectivity index (χ2n) is 8.19. The van der Waals surface area contributed by atoms with Crippen molar-refractivity contribution in [2.75, 3.05) is 13.2 Å². The van der Waals surface area contributed by atoms with Gasteiger partial charge in [-0.25, -0.2) is 18.4 Å². The molecule has 3 rings (SSSR count). The number of carbonyl (C=O) groups is 2. The highest BCUT2D eigenvalue weighted by Gasteiger charge is 2.28. The fourth-order valence-electron chi connectivity index (χ4n) is 3.35. The van der Waals surface area contributed by atoms with Crippen LogP contribution in [0.5, 0.6) is 5.75 Å². The number of benzene rings is 1. The van der Waals surface area contributed by atoms with Gasteiger partial charge in [-0.1, -0.05) is 0 Å². The number of hydrogen-bond acceptors (Lipinski definition) is 6. The zero-order valence-corrected chi connectivity index (χ0v) is 18.5. The van der Waals surface area contributed by atoms with Crippen LogP contribution in [0.25, 0.3) is 0 Å². The minimum absolute atomic E-state index is 0.00840. The Balaban J connectivity index is 1.74. The summed E-state index contributed by atoms with van der Waals surface area (Å²) in [6.07, 6.45) is -0.634. The largest absolute Gasteiger partial charge is 0.534 e. The van der Waals surface area contributed by atoms with Crippen molar-refractivity contribution in [3.8, 4) is 5.75 Å². The zero-order valence-electron chi connectivity index (χ0n) is 17.7. The molecule has 0 bridgehead atoms. The van der Waals surface area contributed by atoms with E-state index in [1.165, 1.54) is 6.07 Å². The molecule has 2 aromatic rings. The van der Waals surface area contributed by atoms with Crippen molar-refractivity contribution in [2.24, 2.45) is 0 Å². The van der Waals surface area contributed by atoms with Crippen LogP contribution in [0.15, 0.2) is 18.3 Å². The van der Waals surface area contributed by atoms with Crippen molar-refractivity contribution in [1.29, 1.82) is 0 Å². The summed E-state index contributed by atoms with van der Waals surface area (Å²) >= 11 is 5.33. The van der Waals surface area contributed by atoms with Gasteiger partial charge in [0.25, 0.3) is 0 Å². The Morgan fingerprint density at radius 1 is 1.38 bits per heavy atom. The summed E-state index contributed by atoms with van der Waals surface area (Å²) < 4.78 is 40.1. The molecule has 1 aromatic carbocycles. The molecule has 12 heteroatoms. The second-order valence-corrected chi connectivity index (χ2v) is 8.58. The van der Waals surface area contributed by atoms with Crippen LogP contribution in [0.3, 0.4) is 0 Å². The van der Waals surface area contributed by atoms with Gasteiger partial charge in [-0.3, -0.25) is 0 Å². The Hall–Kier alpha value is -3.15. The van der Waals surface area contributed by atoms with Gasteiger partial charge in [0.2, 0.25) is 0 Å². The zero-order chi connectivity index (χ0) is 23.6. The van der Waals surface area contributed by atoms with Gasteiger partial charge in [0, 0.05) is 36.4 Å². The number of hydroxylamine groups is 2. The number of nitrogens with one attached hydrogen (secondary N) is 1. The average Bonchev–Trinajstić information content (AvgIpc) is 3.03. The smallest absolute Gasteiger partial charge is 0.488 e. The number of rotatable bonds is 4. The first-order valence-electron chi connectivity index (χ1n) is 9.75. The molecule has 0 saturated heterocycles. The summed E-state index contributed by atoms with van der Waals surface area (Å²) in [5.74, 6) is -1.47. The predicted molar refractivity (Wildman–Crippen MR) is 110 cm³/mol. The highest BCUT2D eigenvalue weighted by atomic mass is 32.1. The van der Waals surface area contributed by atoms with E-state index in [0.717, 1.165) is 6.07 Å². The van der Waals surface area contributed by atoms with E-state index >= 15 is 0 Å². The third-order valence-corrected chi connectivity index (χ3v) is 4.89. The van der Waals surface area contributed by atoms with Crippen molar-refractivity contribution in [3.05, 3.63) is 46.0 Å². The summed E-state index contributed by atoms with van der Waals surface area (Å²) in [6.45, 7) is 4.75. The minimum Gasteiger partial charge on any atom is -0.488 e. The van der Waals surface area contributed by atoms with Crippen LogP contribution in [-0.2, 0) is 22.4 Å². The number of carboxylic acid groups (broad SMARTS) is 1. The van der Waals surface area contributed by atoms with Gasteiger partial charge in [0.15, 0.2) is 16.3 Å². The molecule has 1 unspecified atom stereocenters. The lowest BCUT2D eigenvalue weighted by atomic mass is 10.0. The van der Waals surface area contributed by atoms with E-state index in [1.807, 2.05) is 0 Å². The molecule has 0 saturated carbocycles. The van der Waals surface area contributed by atoms with Gasteiger partial charge in [0.05, 0.1) is 12.6 Å². The molecule has 174 valence electrons. The van der Waals surface area contributed by atoms with Crippen LogP contribution in [-0.4, -0.2) is 50.7 Å². The van der Waals surface area contributed by atoms with Crippen LogP contribution in [0.1, 0.15) is 38.1 Å². The summed E-state index contributed by atoms with van der Waals surface area (Å²) in [5.41, 5.74) is 0.120. The quantitative estimate of drug-likeness (QED) is 0.387. The maximum absolute atomic E-state index is 13.9. The Morgan fingerprint density at radius 3 is 2.75 bits per heavy atom. The lowest BCUT2D eigenvalue weighted by Gasteiger charge is -2.28. The maximum Gasteiger partial charge on any atom is 0.534 e. The topological polar surface area (TPSA) is 106 Å². The number of fused-ring (bicyclic) bond motifs is 1. The van der Waals surface area contributed by atoms with Crippen molar-refractivity contribution < 1.29 is 37.8 Å². The molecule has 32 heavy (non-hydrogen) atoms. The Labute approximate surface area is 187 Å². The third kappa shape index (κ3) is 5.55. The average molecular weight is 471 g/mol. The van der Waals surface area contributed by atoms with E-state index in [2.05, 4.69) is 4.98 Å². The predicted octanol–water partition coefficient (Wildman–Crippen LogP) is 4.39. The van der Waals surface area contributed by atoms with Gasteiger partial charge in [0.1, 0.15) is 18.0 Å². The summed E-state index contributed by atoms with van der Waals surface area (Å²) in [7, 11) is 0. The summed E-state index contributed by atoms with van der Waals surface area (Å²) in [6, 6.07) is 1.60. The van der Waals surface area contributed by atoms with E-state index < -0.39 is 29.5 Å². The van der Waals surface area contributed by atoms with Gasteiger partial charge in [-0.05, 0) is 39.1 Å². The monoisotopic (exact) mass is 471 g/mol. The maximum atomic E-state index is 13.9. The SMILES string of the molecule is CC(C)(C)OC(=O)ON(CCc1c[nH]c(=S)n1C1COc2c(F)cc(F)cc2C1)C(=O)O. The number of halogens is 2. The fraction of sp³-hybridized carbons (Fsp3) is 0.450. The molecular formula is C20H23F2N3O6S. The fourth-order valence-corrected chi connectivity index (χ4v) is 3.67. The molecule has 2 heterocycles. The number of nitrogens with zero attached hydrogens (tertiary/aromatic N) is 2. The number of H-pyrrole nitrogens is 1. The van der Waals surface area contributed by atoms with Gasteiger partial charge in [-0.15, -0.1) is 5.06 Å². The first kappa shape index (κ1) is 23.5. The molecule has 0 spiro atoms. The minimum atomic E-state index is -1.47. The van der Waals surface area contributed by atoms with Crippen LogP contribution in [0.4, 0.5) is 18.4 Å². The van der Waals surface area contributed by atoms with Crippen LogP contribution < -0.4 is 4.74 Å². The highest BCUT2D eigenvalue weighted by Crippen LogP contribution is 2.33. The van der Waals surface area contributed by atoms with Crippen LogP contribution >= 0.6 is 12.2 Å². The third-order valence-electron chi connectivity index (χ3n) is 4.58. The number of ether oxygens (including phenoxy) is 2. The Morgan fingerprint density at radius 2 is 2.09 bits per heavy atom. The lowest BCUT2D eigenvalue weighted by Crippen LogP contribution is -2.37. The van der Waals surface area contributed by atoms with E-state index in [0.29, 0.717) is 21.1 Å². The van der Waals surface area contributed by atoms with Gasteiger partial charge >= 0.3 is 12.2 Å². The van der Waals surface area contributed by atoms with Gasteiger partial charge in [-0.2, -0.15) is 0 Å². The van der Waals surface area contributed by atoms with E-state index in [1.54, 1.807) is 31.5 Å². The number of aromatic nitrogens is 2. The van der Waals surface area contributed by atoms with Crippen LogP contribution in [0.2, 0.25) is 0 Å². The lowest BCUT2D eigenvalue weighted by molar-refractivity contribution is -0.121. The summed E-state index contributed by atoms with van der Waals surface area (Å²) in [5, 5.41) is 9.81. The van der Waals surface area contributed by atoms with Crippen LogP contribution in [0, 0.1) is 16.4 Å². The molecule has 0 radical (unpaired) electrons. The highest BCUT2D eigenvalue weighted by molar-refractivity contribution is 7.71. The normalized spacial score (nSPS) is 15.5. The molecule has 2 N–H and O–H groups in total. The molecule has 1 aliphatic heterocycles. The number of imidazole rings is 1. The number of hydrogen-bond donors (Lipinski definition) is 2. The molecule has 1 amide bonds. The van der Waals surface area contributed by atoms with Crippen molar-refractivity contribution in [2.45, 2.75) is 45.3 Å². The number of carbonyl (C=O) groups excluding carboxylic acids is 1. The van der Waals surface area contributed by atoms with E-state index in [4.69, 9.17) is 26.5 Å². The van der Waals surface area contributed by atoms with E-state index in [9.17, 15) is 23.5 Å². The Bertz CT molecular complexity index is 1080.